The van der Waals surface area contributed by atoms with Crippen molar-refractivity contribution in [1.82, 2.24) is 4.98 Å². The van der Waals surface area contributed by atoms with E-state index < -0.39 is 17.5 Å². The molecule has 0 bridgehead atoms. The molecule has 6 heteroatoms. The van der Waals surface area contributed by atoms with Crippen LogP contribution in [-0.2, 0) is 4.79 Å². The van der Waals surface area contributed by atoms with Gasteiger partial charge in [-0.15, -0.1) is 0 Å². The van der Waals surface area contributed by atoms with Crippen LogP contribution in [0.5, 0.6) is 5.75 Å². The van der Waals surface area contributed by atoms with E-state index in [4.69, 9.17) is 4.74 Å². The Morgan fingerprint density at radius 2 is 1.95 bits per heavy atom. The lowest BCUT2D eigenvalue weighted by Gasteiger charge is -2.07. The lowest BCUT2D eigenvalue weighted by Crippen LogP contribution is -2.20. The largest absolute Gasteiger partial charge is 0.484 e. The first-order chi connectivity index (χ1) is 9.52. The van der Waals surface area contributed by atoms with Crippen molar-refractivity contribution in [2.24, 2.45) is 0 Å². The number of halogens is 2. The summed E-state index contributed by atoms with van der Waals surface area (Å²) in [5.74, 6) is -1.65. The Labute approximate surface area is 114 Å². The number of pyridine rings is 1. The smallest absolute Gasteiger partial charge is 0.263 e. The van der Waals surface area contributed by atoms with Crippen LogP contribution in [0.25, 0.3) is 0 Å². The molecule has 20 heavy (non-hydrogen) atoms. The van der Waals surface area contributed by atoms with Gasteiger partial charge in [0.25, 0.3) is 5.91 Å². The molecular formula is C14H12F2N2O2. The number of hydrogen-bond donors (Lipinski definition) is 1. The first kappa shape index (κ1) is 13.9. The molecule has 2 aromatic rings. The van der Waals surface area contributed by atoms with Gasteiger partial charge in [-0.2, -0.15) is 0 Å². The number of nitrogens with one attached hydrogen (secondary N) is 1. The van der Waals surface area contributed by atoms with Crippen LogP contribution in [0.4, 0.5) is 14.6 Å². The third kappa shape index (κ3) is 4.01. The number of ether oxygens (including phenoxy) is 1. The molecule has 4 nitrogen and oxygen atoms in total. The van der Waals surface area contributed by atoms with E-state index in [2.05, 4.69) is 10.3 Å². The first-order valence-electron chi connectivity index (χ1n) is 5.84. The summed E-state index contributed by atoms with van der Waals surface area (Å²) in [6, 6.07) is 6.22. The number of amides is 1. The van der Waals surface area contributed by atoms with Gasteiger partial charge in [-0.3, -0.25) is 4.79 Å². The fourth-order valence-corrected chi connectivity index (χ4v) is 1.54. The molecule has 1 heterocycles. The van der Waals surface area contributed by atoms with Gasteiger partial charge in [-0.05, 0) is 24.6 Å². The molecule has 0 saturated carbocycles. The number of nitrogens with zero attached hydrogens (tertiary/aromatic N) is 1. The molecule has 1 aromatic carbocycles. The molecule has 1 aromatic heterocycles. The second-order valence-corrected chi connectivity index (χ2v) is 4.16. The highest BCUT2D eigenvalue weighted by molar-refractivity contribution is 5.90. The monoisotopic (exact) mass is 278 g/mol. The zero-order valence-corrected chi connectivity index (χ0v) is 10.7. The van der Waals surface area contributed by atoms with Crippen LogP contribution in [0.15, 0.2) is 36.5 Å². The van der Waals surface area contributed by atoms with Gasteiger partial charge in [0.05, 0.1) is 0 Å². The van der Waals surface area contributed by atoms with Crippen LogP contribution in [0.2, 0.25) is 0 Å². The summed E-state index contributed by atoms with van der Waals surface area (Å²) in [6.07, 6.45) is 1.56. The van der Waals surface area contributed by atoms with Crippen LogP contribution in [-0.4, -0.2) is 17.5 Å². The van der Waals surface area contributed by atoms with Crippen molar-refractivity contribution in [2.75, 3.05) is 11.9 Å². The van der Waals surface area contributed by atoms with Crippen molar-refractivity contribution in [3.63, 3.8) is 0 Å². The third-order valence-corrected chi connectivity index (χ3v) is 2.39. The number of aryl methyl sites for hydroxylation is 1. The lowest BCUT2D eigenvalue weighted by atomic mass is 10.3. The second-order valence-electron chi connectivity index (χ2n) is 4.16. The minimum absolute atomic E-state index is 0.0464. The van der Waals surface area contributed by atoms with E-state index in [0.29, 0.717) is 5.82 Å². The maximum absolute atomic E-state index is 12.9. The average molecular weight is 278 g/mol. The van der Waals surface area contributed by atoms with Crippen LogP contribution in [0.1, 0.15) is 5.56 Å². The van der Waals surface area contributed by atoms with E-state index in [0.717, 1.165) is 23.8 Å². The van der Waals surface area contributed by atoms with Crippen molar-refractivity contribution >= 4 is 11.7 Å². The van der Waals surface area contributed by atoms with Gasteiger partial charge in [0, 0.05) is 24.4 Å². The number of aromatic nitrogens is 1. The number of benzene rings is 1. The Morgan fingerprint density at radius 3 is 2.60 bits per heavy atom. The Bertz CT molecular complexity index is 612. The topological polar surface area (TPSA) is 51.2 Å². The molecule has 0 aliphatic carbocycles. The Morgan fingerprint density at radius 1 is 1.25 bits per heavy atom. The summed E-state index contributed by atoms with van der Waals surface area (Å²) in [7, 11) is 0. The molecule has 0 aliphatic rings. The molecule has 0 saturated heterocycles. The normalized spacial score (nSPS) is 10.2. The number of carbonyl (C=O) groups excluding carboxylic acids is 1. The van der Waals surface area contributed by atoms with E-state index in [1.165, 1.54) is 0 Å². The fraction of sp³-hybridized carbons (Fsp3) is 0.143. The predicted molar refractivity (Wildman–Crippen MR) is 69.5 cm³/mol. The van der Waals surface area contributed by atoms with E-state index in [-0.39, 0.29) is 12.4 Å². The Kier molecular flexibility index (Phi) is 4.24. The molecule has 0 atom stereocenters. The molecule has 1 N–H and O–H groups in total. The van der Waals surface area contributed by atoms with Gasteiger partial charge in [0.2, 0.25) is 0 Å². The van der Waals surface area contributed by atoms with Crippen molar-refractivity contribution < 1.29 is 18.3 Å². The number of carbonyl (C=O) groups is 1. The zero-order valence-electron chi connectivity index (χ0n) is 10.7. The molecule has 0 unspecified atom stereocenters. The van der Waals surface area contributed by atoms with Crippen molar-refractivity contribution in [3.8, 4) is 5.75 Å². The van der Waals surface area contributed by atoms with Crippen molar-refractivity contribution in [2.45, 2.75) is 6.92 Å². The standard InChI is InChI=1S/C14H12F2N2O2/c1-9-2-3-17-13(4-9)18-14(19)8-20-12-6-10(15)5-11(16)7-12/h2-7H,8H2,1H3,(H,17,18,19). The predicted octanol–water partition coefficient (Wildman–Crippen LogP) is 2.69. The van der Waals surface area contributed by atoms with Gasteiger partial charge >= 0.3 is 0 Å². The molecule has 0 spiro atoms. The quantitative estimate of drug-likeness (QED) is 0.935. The van der Waals surface area contributed by atoms with Crippen LogP contribution in [0.3, 0.4) is 0 Å². The molecule has 1 amide bonds. The SMILES string of the molecule is Cc1ccnc(NC(=O)COc2cc(F)cc(F)c2)c1. The summed E-state index contributed by atoms with van der Waals surface area (Å²) >= 11 is 0. The van der Waals surface area contributed by atoms with Crippen LogP contribution in [0, 0.1) is 18.6 Å². The molecule has 0 radical (unpaired) electrons. The maximum Gasteiger partial charge on any atom is 0.263 e. The summed E-state index contributed by atoms with van der Waals surface area (Å²) in [5.41, 5.74) is 0.948. The highest BCUT2D eigenvalue weighted by atomic mass is 19.1. The lowest BCUT2D eigenvalue weighted by molar-refractivity contribution is -0.118. The molecule has 104 valence electrons. The molecule has 0 fully saturated rings. The fourth-order valence-electron chi connectivity index (χ4n) is 1.54. The Balaban J connectivity index is 1.92. The summed E-state index contributed by atoms with van der Waals surface area (Å²) in [6.45, 7) is 1.50. The minimum Gasteiger partial charge on any atom is -0.484 e. The molecule has 0 aliphatic heterocycles. The number of hydrogen-bond acceptors (Lipinski definition) is 3. The van der Waals surface area contributed by atoms with Gasteiger partial charge in [0.15, 0.2) is 6.61 Å². The number of anilines is 1. The van der Waals surface area contributed by atoms with E-state index in [1.54, 1.807) is 18.3 Å². The second kappa shape index (κ2) is 6.10. The Hall–Kier alpha value is -2.50. The van der Waals surface area contributed by atoms with Gasteiger partial charge in [0.1, 0.15) is 23.2 Å². The average Bonchev–Trinajstić information content (AvgIpc) is 2.35. The van der Waals surface area contributed by atoms with Gasteiger partial charge in [-0.25, -0.2) is 13.8 Å². The molecule has 2 rings (SSSR count). The van der Waals surface area contributed by atoms with Gasteiger partial charge in [-0.1, -0.05) is 0 Å². The summed E-state index contributed by atoms with van der Waals surface area (Å²) in [4.78, 5) is 15.6. The molecular weight excluding hydrogens is 266 g/mol. The van der Waals surface area contributed by atoms with E-state index in [1.807, 2.05) is 6.92 Å². The highest BCUT2D eigenvalue weighted by Gasteiger charge is 2.06. The van der Waals surface area contributed by atoms with Crippen LogP contribution < -0.4 is 10.1 Å². The van der Waals surface area contributed by atoms with Crippen molar-refractivity contribution in [1.29, 1.82) is 0 Å². The number of rotatable bonds is 4. The van der Waals surface area contributed by atoms with Crippen LogP contribution >= 0.6 is 0 Å². The minimum atomic E-state index is -0.763. The van der Waals surface area contributed by atoms with Gasteiger partial charge < -0.3 is 10.1 Å². The van der Waals surface area contributed by atoms with E-state index >= 15 is 0 Å². The first-order valence-corrected chi connectivity index (χ1v) is 5.84. The van der Waals surface area contributed by atoms with Crippen molar-refractivity contribution in [3.05, 3.63) is 53.7 Å². The zero-order chi connectivity index (χ0) is 14.5. The summed E-state index contributed by atoms with van der Waals surface area (Å²) < 4.78 is 30.8. The van der Waals surface area contributed by atoms with E-state index in [9.17, 15) is 13.6 Å². The maximum atomic E-state index is 12.9. The third-order valence-electron chi connectivity index (χ3n) is 2.39. The highest BCUT2D eigenvalue weighted by Crippen LogP contribution is 2.15. The summed E-state index contributed by atoms with van der Waals surface area (Å²) in [5, 5.41) is 2.52.